The van der Waals surface area contributed by atoms with Crippen molar-refractivity contribution in [1.82, 2.24) is 9.80 Å². The summed E-state index contributed by atoms with van der Waals surface area (Å²) >= 11 is 0. The van der Waals surface area contributed by atoms with Crippen LogP contribution in [0.1, 0.15) is 34.1 Å². The van der Waals surface area contributed by atoms with E-state index in [1.807, 2.05) is 0 Å². The monoisotopic (exact) mass is 480 g/mol. The van der Waals surface area contributed by atoms with Crippen molar-refractivity contribution in [3.8, 4) is 0 Å². The van der Waals surface area contributed by atoms with Crippen molar-refractivity contribution < 1.29 is 33.4 Å². The third-order valence-electron chi connectivity index (χ3n) is 6.14. The Bertz CT molecular complexity index is 1110. The second kappa shape index (κ2) is 11.2. The molecule has 3 heterocycles. The molecule has 1 saturated heterocycles. The molecule has 0 spiro atoms. The average molecular weight is 481 g/mol. The first-order valence-electron chi connectivity index (χ1n) is 11.5. The van der Waals surface area contributed by atoms with Crippen molar-refractivity contribution in [2.75, 3.05) is 46.5 Å². The molecule has 2 aromatic rings. The van der Waals surface area contributed by atoms with Crippen molar-refractivity contribution in [1.29, 1.82) is 0 Å². The molecule has 35 heavy (non-hydrogen) atoms. The minimum atomic E-state index is -0.785. The highest BCUT2D eigenvalue weighted by atomic mass is 16.5. The first-order valence-corrected chi connectivity index (χ1v) is 11.5. The fourth-order valence-electron chi connectivity index (χ4n) is 4.32. The number of rotatable bonds is 9. The molecule has 1 unspecified atom stereocenters. The van der Waals surface area contributed by atoms with Gasteiger partial charge in [0.1, 0.15) is 5.76 Å². The van der Waals surface area contributed by atoms with Crippen molar-refractivity contribution in [2.24, 2.45) is 0 Å². The van der Waals surface area contributed by atoms with Crippen LogP contribution >= 0.6 is 0 Å². The molecule has 9 nitrogen and oxygen atoms in total. The predicted molar refractivity (Wildman–Crippen MR) is 127 cm³/mol. The zero-order valence-corrected chi connectivity index (χ0v) is 19.5. The van der Waals surface area contributed by atoms with Gasteiger partial charge in [-0.05, 0) is 48.4 Å². The van der Waals surface area contributed by atoms with Crippen LogP contribution in [0.5, 0.6) is 0 Å². The van der Waals surface area contributed by atoms with Crippen molar-refractivity contribution >= 4 is 23.7 Å². The Morgan fingerprint density at radius 2 is 1.89 bits per heavy atom. The molecule has 1 aromatic heterocycles. The summed E-state index contributed by atoms with van der Waals surface area (Å²) in [5, 5.41) is 10.7. The Kier molecular flexibility index (Phi) is 7.79. The lowest BCUT2D eigenvalue weighted by atomic mass is 9.95. The van der Waals surface area contributed by atoms with Crippen LogP contribution in [-0.2, 0) is 19.1 Å². The van der Waals surface area contributed by atoms with Gasteiger partial charge >= 0.3 is 5.97 Å². The lowest BCUT2D eigenvalue weighted by Crippen LogP contribution is -2.39. The molecular weight excluding hydrogens is 452 g/mol. The van der Waals surface area contributed by atoms with Gasteiger partial charge in [-0.25, -0.2) is 4.79 Å². The second-order valence-electron chi connectivity index (χ2n) is 8.30. The van der Waals surface area contributed by atoms with Gasteiger partial charge in [-0.3, -0.25) is 14.5 Å². The highest BCUT2D eigenvalue weighted by molar-refractivity contribution is 6.14. The number of hydrogen-bond donors (Lipinski definition) is 1. The average Bonchev–Trinajstić information content (AvgIpc) is 3.50. The molecule has 1 fully saturated rings. The largest absolute Gasteiger partial charge is 0.503 e. The number of methoxy groups -OCH3 is 1. The number of allylic oxidation sites excluding steroid dienone is 1. The summed E-state index contributed by atoms with van der Waals surface area (Å²) in [5.41, 5.74) is 0.949. The van der Waals surface area contributed by atoms with Gasteiger partial charge in [0.15, 0.2) is 11.5 Å². The topological polar surface area (TPSA) is 110 Å². The lowest BCUT2D eigenvalue weighted by molar-refractivity contribution is -0.129. The molecule has 0 saturated carbocycles. The minimum absolute atomic E-state index is 0.00463. The smallest absolute Gasteiger partial charge is 0.337 e. The fourth-order valence-corrected chi connectivity index (χ4v) is 4.32. The molecule has 1 atom stereocenters. The maximum absolute atomic E-state index is 13.1. The molecule has 1 amide bonds. The van der Waals surface area contributed by atoms with E-state index in [9.17, 15) is 19.5 Å². The Labute approximate surface area is 203 Å². The first-order chi connectivity index (χ1) is 17.0. The molecule has 2 aliphatic heterocycles. The summed E-state index contributed by atoms with van der Waals surface area (Å²) in [4.78, 5) is 41.8. The van der Waals surface area contributed by atoms with E-state index in [-0.39, 0.29) is 5.57 Å². The van der Waals surface area contributed by atoms with E-state index in [2.05, 4.69) is 4.90 Å². The second-order valence-corrected chi connectivity index (χ2v) is 8.30. The molecule has 0 aliphatic carbocycles. The van der Waals surface area contributed by atoms with E-state index in [4.69, 9.17) is 13.9 Å². The fraction of sp³-hybridized carbons (Fsp3) is 0.346. The molecule has 1 aromatic carbocycles. The van der Waals surface area contributed by atoms with Gasteiger partial charge in [-0.15, -0.1) is 0 Å². The summed E-state index contributed by atoms with van der Waals surface area (Å²) in [6.07, 6.45) is 4.93. The number of morpholine rings is 1. The molecule has 9 heteroatoms. The van der Waals surface area contributed by atoms with Gasteiger partial charge in [0, 0.05) is 26.2 Å². The molecule has 184 valence electrons. The van der Waals surface area contributed by atoms with E-state index < -0.39 is 29.5 Å². The van der Waals surface area contributed by atoms with Crippen LogP contribution in [0.3, 0.4) is 0 Å². The number of ether oxygens (including phenoxy) is 2. The summed E-state index contributed by atoms with van der Waals surface area (Å²) in [5.74, 6) is -1.66. The zero-order valence-electron chi connectivity index (χ0n) is 19.5. The zero-order chi connectivity index (χ0) is 24.8. The molecule has 0 radical (unpaired) electrons. The lowest BCUT2D eigenvalue weighted by Gasteiger charge is -2.30. The number of aliphatic hydroxyl groups is 1. The van der Waals surface area contributed by atoms with Crippen molar-refractivity contribution in [3.05, 3.63) is 77.0 Å². The molecule has 1 N–H and O–H groups in total. The van der Waals surface area contributed by atoms with Gasteiger partial charge in [0.2, 0.25) is 0 Å². The van der Waals surface area contributed by atoms with Gasteiger partial charge in [0.25, 0.3) is 5.91 Å². The number of carbonyl (C=O) groups is 3. The number of esters is 1. The molecule has 4 rings (SSSR count). The number of aliphatic hydroxyl groups excluding tert-OH is 1. The maximum Gasteiger partial charge on any atom is 0.337 e. The summed E-state index contributed by atoms with van der Waals surface area (Å²) < 4.78 is 15.4. The molecular formula is C26H28N2O7. The Hall–Kier alpha value is -3.69. The SMILES string of the molecule is COC(=O)c1ccc(C2C(C(=O)/C=C/c3ccco3)=C(O)C(=O)N2CCCN2CCOCC2)cc1. The number of nitrogens with zero attached hydrogens (tertiary/aromatic N) is 2. The molecule has 0 bridgehead atoms. The number of ketones is 1. The van der Waals surface area contributed by atoms with Crippen LogP contribution in [0.4, 0.5) is 0 Å². The van der Waals surface area contributed by atoms with Crippen LogP contribution in [-0.4, -0.2) is 79.1 Å². The van der Waals surface area contributed by atoms with Gasteiger partial charge in [0.05, 0.1) is 43.8 Å². The normalized spacial score (nSPS) is 19.1. The van der Waals surface area contributed by atoms with E-state index in [1.54, 1.807) is 36.4 Å². The van der Waals surface area contributed by atoms with Gasteiger partial charge in [-0.2, -0.15) is 0 Å². The van der Waals surface area contributed by atoms with E-state index in [1.165, 1.54) is 30.4 Å². The number of amides is 1. The predicted octanol–water partition coefficient (Wildman–Crippen LogP) is 2.77. The van der Waals surface area contributed by atoms with Crippen molar-refractivity contribution in [3.63, 3.8) is 0 Å². The Morgan fingerprint density at radius 3 is 2.54 bits per heavy atom. The standard InChI is InChI=1S/C26H28N2O7/c1-33-26(32)19-7-5-18(6-8-19)23-22(21(29)10-9-20-4-2-15-35-20)24(30)25(31)28(23)12-3-11-27-13-16-34-17-14-27/h2,4-10,15,23,30H,3,11-14,16-17H2,1H3/b10-9+. The van der Waals surface area contributed by atoms with Crippen LogP contribution in [0.15, 0.2) is 64.5 Å². The Balaban J connectivity index is 1.59. The third-order valence-corrected chi connectivity index (χ3v) is 6.14. The molecule has 2 aliphatic rings. The first kappa shape index (κ1) is 24.4. The number of hydrogen-bond acceptors (Lipinski definition) is 8. The van der Waals surface area contributed by atoms with Crippen molar-refractivity contribution in [2.45, 2.75) is 12.5 Å². The number of benzene rings is 1. The van der Waals surface area contributed by atoms with Crippen LogP contribution in [0, 0.1) is 0 Å². The summed E-state index contributed by atoms with van der Waals surface area (Å²) in [6.45, 7) is 4.14. The van der Waals surface area contributed by atoms with Gasteiger partial charge in [-0.1, -0.05) is 12.1 Å². The number of furan rings is 1. The summed E-state index contributed by atoms with van der Waals surface area (Å²) in [6, 6.07) is 9.10. The highest BCUT2D eigenvalue weighted by Gasteiger charge is 2.42. The minimum Gasteiger partial charge on any atom is -0.503 e. The Morgan fingerprint density at radius 1 is 1.14 bits per heavy atom. The third kappa shape index (κ3) is 5.52. The van der Waals surface area contributed by atoms with E-state index in [0.29, 0.717) is 43.1 Å². The van der Waals surface area contributed by atoms with Gasteiger partial charge < -0.3 is 23.9 Å². The van der Waals surface area contributed by atoms with Crippen LogP contribution in [0.25, 0.3) is 6.08 Å². The number of carbonyl (C=O) groups excluding carboxylic acids is 3. The summed E-state index contributed by atoms with van der Waals surface area (Å²) in [7, 11) is 1.30. The van der Waals surface area contributed by atoms with E-state index in [0.717, 1.165) is 19.6 Å². The highest BCUT2D eigenvalue weighted by Crippen LogP contribution is 2.38. The maximum atomic E-state index is 13.1. The van der Waals surface area contributed by atoms with Crippen LogP contribution in [0.2, 0.25) is 0 Å². The van der Waals surface area contributed by atoms with E-state index >= 15 is 0 Å². The van der Waals surface area contributed by atoms with Crippen LogP contribution < -0.4 is 0 Å². The quantitative estimate of drug-likeness (QED) is 0.431.